The highest BCUT2D eigenvalue weighted by molar-refractivity contribution is 5.46. The van der Waals surface area contributed by atoms with Gasteiger partial charge in [-0.15, -0.1) is 0 Å². The fraction of sp³-hybridized carbons (Fsp3) is 0.294. The van der Waals surface area contributed by atoms with Crippen molar-refractivity contribution in [1.82, 2.24) is 0 Å². The van der Waals surface area contributed by atoms with Gasteiger partial charge in [-0.1, -0.05) is 43.7 Å². The lowest BCUT2D eigenvalue weighted by Crippen LogP contribution is -2.00. The van der Waals surface area contributed by atoms with Gasteiger partial charge in [0.25, 0.3) is 0 Å². The number of hydrogen-bond acceptors (Lipinski definition) is 2. The summed E-state index contributed by atoms with van der Waals surface area (Å²) in [4.78, 5) is 0. The van der Waals surface area contributed by atoms with E-state index in [1.54, 1.807) is 0 Å². The first-order valence-corrected chi connectivity index (χ1v) is 6.89. The normalized spacial score (nSPS) is 10.2. The lowest BCUT2D eigenvalue weighted by molar-refractivity contribution is 0.306. The Hall–Kier alpha value is -1.96. The molecule has 100 valence electrons. The maximum absolute atomic E-state index is 5.74. The summed E-state index contributed by atoms with van der Waals surface area (Å²) in [7, 11) is 0. The molecule has 0 heterocycles. The molecule has 2 rings (SSSR count). The Labute approximate surface area is 115 Å². The van der Waals surface area contributed by atoms with E-state index in [2.05, 4.69) is 36.5 Å². The van der Waals surface area contributed by atoms with E-state index in [0.29, 0.717) is 6.61 Å². The number of ether oxygens (including phenoxy) is 1. The molecule has 0 amide bonds. The molecule has 0 saturated heterocycles. The molecule has 0 aliphatic rings. The molecule has 0 aliphatic heterocycles. The minimum atomic E-state index is 0.615. The van der Waals surface area contributed by atoms with Crippen LogP contribution >= 0.6 is 0 Å². The topological polar surface area (TPSA) is 21.3 Å². The SMILES string of the molecule is CCCCNc1ccc(OCc2ccccc2)cc1. The molecule has 2 aromatic rings. The van der Waals surface area contributed by atoms with Crippen LogP contribution in [0.5, 0.6) is 5.75 Å². The van der Waals surface area contributed by atoms with Crippen molar-refractivity contribution < 1.29 is 4.74 Å². The zero-order valence-corrected chi connectivity index (χ0v) is 11.4. The molecular formula is C17H21NO. The Morgan fingerprint density at radius 1 is 0.947 bits per heavy atom. The Kier molecular flexibility index (Phi) is 5.30. The predicted molar refractivity (Wildman–Crippen MR) is 80.6 cm³/mol. The van der Waals surface area contributed by atoms with E-state index in [1.165, 1.54) is 18.4 Å². The standard InChI is InChI=1S/C17H21NO/c1-2-3-13-18-16-9-11-17(12-10-16)19-14-15-7-5-4-6-8-15/h4-12,18H,2-3,13-14H2,1H3. The van der Waals surface area contributed by atoms with Crippen molar-refractivity contribution in [2.75, 3.05) is 11.9 Å². The molecule has 0 aromatic heterocycles. The molecule has 2 heteroatoms. The van der Waals surface area contributed by atoms with Gasteiger partial charge in [0.2, 0.25) is 0 Å². The zero-order chi connectivity index (χ0) is 13.3. The smallest absolute Gasteiger partial charge is 0.119 e. The zero-order valence-electron chi connectivity index (χ0n) is 11.4. The van der Waals surface area contributed by atoms with E-state index in [1.807, 2.05) is 30.3 Å². The van der Waals surface area contributed by atoms with Crippen molar-refractivity contribution in [3.05, 3.63) is 60.2 Å². The largest absolute Gasteiger partial charge is 0.489 e. The van der Waals surface area contributed by atoms with E-state index < -0.39 is 0 Å². The van der Waals surface area contributed by atoms with Crippen molar-refractivity contribution in [2.45, 2.75) is 26.4 Å². The Morgan fingerprint density at radius 2 is 1.68 bits per heavy atom. The Balaban J connectivity index is 1.81. The Bertz CT molecular complexity index is 464. The first kappa shape index (κ1) is 13.5. The van der Waals surface area contributed by atoms with Crippen LogP contribution in [0, 0.1) is 0 Å². The van der Waals surface area contributed by atoms with Gasteiger partial charge < -0.3 is 10.1 Å². The van der Waals surface area contributed by atoms with Gasteiger partial charge in [-0.3, -0.25) is 0 Å². The average molecular weight is 255 g/mol. The van der Waals surface area contributed by atoms with Gasteiger partial charge in [0.05, 0.1) is 0 Å². The maximum atomic E-state index is 5.74. The number of unbranched alkanes of at least 4 members (excludes halogenated alkanes) is 1. The molecule has 0 spiro atoms. The second-order valence-electron chi connectivity index (χ2n) is 4.58. The number of nitrogens with one attached hydrogen (secondary N) is 1. The van der Waals surface area contributed by atoms with Crippen LogP contribution in [0.15, 0.2) is 54.6 Å². The summed E-state index contributed by atoms with van der Waals surface area (Å²) >= 11 is 0. The van der Waals surface area contributed by atoms with Crippen LogP contribution in [0.3, 0.4) is 0 Å². The van der Waals surface area contributed by atoms with Crippen molar-refractivity contribution in [3.8, 4) is 5.75 Å². The highest BCUT2D eigenvalue weighted by Crippen LogP contribution is 2.17. The fourth-order valence-corrected chi connectivity index (χ4v) is 1.82. The first-order valence-electron chi connectivity index (χ1n) is 6.89. The quantitative estimate of drug-likeness (QED) is 0.737. The number of hydrogen-bond donors (Lipinski definition) is 1. The number of rotatable bonds is 7. The summed E-state index contributed by atoms with van der Waals surface area (Å²) in [5.41, 5.74) is 2.34. The van der Waals surface area contributed by atoms with Crippen LogP contribution in [0.4, 0.5) is 5.69 Å². The number of anilines is 1. The van der Waals surface area contributed by atoms with Crippen molar-refractivity contribution in [2.24, 2.45) is 0 Å². The van der Waals surface area contributed by atoms with Crippen molar-refractivity contribution in [3.63, 3.8) is 0 Å². The van der Waals surface area contributed by atoms with E-state index in [4.69, 9.17) is 4.74 Å². The van der Waals surface area contributed by atoms with E-state index >= 15 is 0 Å². The van der Waals surface area contributed by atoms with Crippen LogP contribution in [0.25, 0.3) is 0 Å². The van der Waals surface area contributed by atoms with Gasteiger partial charge in [-0.05, 0) is 36.2 Å². The molecule has 19 heavy (non-hydrogen) atoms. The molecule has 2 nitrogen and oxygen atoms in total. The molecule has 1 N–H and O–H groups in total. The monoisotopic (exact) mass is 255 g/mol. The average Bonchev–Trinajstić information content (AvgIpc) is 2.48. The molecule has 2 aromatic carbocycles. The molecule has 0 unspecified atom stereocenters. The van der Waals surface area contributed by atoms with Gasteiger partial charge in [-0.2, -0.15) is 0 Å². The summed E-state index contributed by atoms with van der Waals surface area (Å²) in [5.74, 6) is 0.907. The second kappa shape index (κ2) is 7.47. The molecule has 0 fully saturated rings. The molecule has 0 aliphatic carbocycles. The van der Waals surface area contributed by atoms with Gasteiger partial charge in [0, 0.05) is 12.2 Å². The van der Waals surface area contributed by atoms with Crippen LogP contribution < -0.4 is 10.1 Å². The minimum absolute atomic E-state index is 0.615. The van der Waals surface area contributed by atoms with Crippen molar-refractivity contribution >= 4 is 5.69 Å². The van der Waals surface area contributed by atoms with Crippen LogP contribution in [0.1, 0.15) is 25.3 Å². The number of benzene rings is 2. The third kappa shape index (κ3) is 4.66. The Morgan fingerprint density at radius 3 is 2.37 bits per heavy atom. The van der Waals surface area contributed by atoms with Gasteiger partial charge >= 0.3 is 0 Å². The fourth-order valence-electron chi connectivity index (χ4n) is 1.82. The van der Waals surface area contributed by atoms with Gasteiger partial charge in [0.1, 0.15) is 12.4 Å². The summed E-state index contributed by atoms with van der Waals surface area (Å²) in [6, 6.07) is 18.4. The van der Waals surface area contributed by atoms with Crippen molar-refractivity contribution in [1.29, 1.82) is 0 Å². The molecule has 0 radical (unpaired) electrons. The van der Waals surface area contributed by atoms with Gasteiger partial charge in [-0.25, -0.2) is 0 Å². The summed E-state index contributed by atoms with van der Waals surface area (Å²) < 4.78 is 5.74. The van der Waals surface area contributed by atoms with Crippen LogP contribution in [-0.4, -0.2) is 6.54 Å². The lowest BCUT2D eigenvalue weighted by atomic mass is 10.2. The van der Waals surface area contributed by atoms with Gasteiger partial charge in [0.15, 0.2) is 0 Å². The van der Waals surface area contributed by atoms with E-state index in [0.717, 1.165) is 18.0 Å². The van der Waals surface area contributed by atoms with Crippen LogP contribution in [0.2, 0.25) is 0 Å². The molecule has 0 saturated carbocycles. The second-order valence-corrected chi connectivity index (χ2v) is 4.58. The van der Waals surface area contributed by atoms with E-state index in [9.17, 15) is 0 Å². The lowest BCUT2D eigenvalue weighted by Gasteiger charge is -2.08. The molecular weight excluding hydrogens is 234 g/mol. The third-order valence-corrected chi connectivity index (χ3v) is 2.96. The third-order valence-electron chi connectivity index (χ3n) is 2.96. The molecule has 0 atom stereocenters. The minimum Gasteiger partial charge on any atom is -0.489 e. The highest BCUT2D eigenvalue weighted by Gasteiger charge is 1.96. The van der Waals surface area contributed by atoms with Crippen LogP contribution in [-0.2, 0) is 6.61 Å². The predicted octanol–water partition coefficient (Wildman–Crippen LogP) is 4.48. The summed E-state index contributed by atoms with van der Waals surface area (Å²) in [6.45, 7) is 3.84. The summed E-state index contributed by atoms with van der Waals surface area (Å²) in [6.07, 6.45) is 2.41. The summed E-state index contributed by atoms with van der Waals surface area (Å²) in [5, 5.41) is 3.39. The maximum Gasteiger partial charge on any atom is 0.119 e. The molecule has 0 bridgehead atoms. The van der Waals surface area contributed by atoms with E-state index in [-0.39, 0.29) is 0 Å². The first-order chi connectivity index (χ1) is 9.38. The highest BCUT2D eigenvalue weighted by atomic mass is 16.5.